The Hall–Kier alpha value is -2.54. The zero-order valence-corrected chi connectivity index (χ0v) is 20.4. The molecule has 0 radical (unpaired) electrons. The van der Waals surface area contributed by atoms with Crippen molar-refractivity contribution in [2.75, 3.05) is 26.2 Å². The number of thioether (sulfide) groups is 1. The topological polar surface area (TPSA) is 104 Å². The summed E-state index contributed by atoms with van der Waals surface area (Å²) in [7, 11) is -3.53. The van der Waals surface area contributed by atoms with Crippen molar-refractivity contribution in [3.63, 3.8) is 0 Å². The second kappa shape index (κ2) is 10.4. The first-order valence-electron chi connectivity index (χ1n) is 10.6. The summed E-state index contributed by atoms with van der Waals surface area (Å²) in [5.74, 6) is -1.40. The molecular weight excluding hydrogens is 501 g/mol. The van der Waals surface area contributed by atoms with E-state index in [9.17, 15) is 27.2 Å². The van der Waals surface area contributed by atoms with E-state index in [4.69, 9.17) is 0 Å². The lowest BCUT2D eigenvalue weighted by Crippen LogP contribution is -2.44. The first kappa shape index (κ1) is 24.6. The van der Waals surface area contributed by atoms with Gasteiger partial charge in [-0.2, -0.15) is 4.31 Å². The number of halogens is 1. The average molecular weight is 524 g/mol. The minimum atomic E-state index is -3.53. The van der Waals surface area contributed by atoms with Crippen LogP contribution in [-0.4, -0.2) is 60.9 Å². The second-order valence-corrected chi connectivity index (χ2v) is 11.9. The summed E-state index contributed by atoms with van der Waals surface area (Å²) in [6.45, 7) is 0.655. The number of sulfonamides is 1. The van der Waals surface area contributed by atoms with Crippen molar-refractivity contribution >= 4 is 56.3 Å². The lowest BCUT2D eigenvalue weighted by Gasteiger charge is -2.30. The third-order valence-electron chi connectivity index (χ3n) is 5.59. The third-order valence-corrected chi connectivity index (χ3v) is 9.77. The zero-order valence-electron chi connectivity index (χ0n) is 18.0. The van der Waals surface area contributed by atoms with Gasteiger partial charge in [-0.1, -0.05) is 18.2 Å². The molecule has 0 spiro atoms. The molecule has 3 amide bonds. The van der Waals surface area contributed by atoms with E-state index in [-0.39, 0.29) is 42.9 Å². The third kappa shape index (κ3) is 5.40. The molecule has 8 nitrogen and oxygen atoms in total. The van der Waals surface area contributed by atoms with Crippen LogP contribution in [0.4, 0.5) is 9.18 Å². The Morgan fingerprint density at radius 3 is 2.50 bits per heavy atom. The molecule has 0 unspecified atom stereocenters. The molecular formula is C22H22FN3O5S3. The Morgan fingerprint density at radius 2 is 1.85 bits per heavy atom. The van der Waals surface area contributed by atoms with Crippen molar-refractivity contribution in [2.45, 2.75) is 17.1 Å². The number of carbonyl (C=O) groups is 3. The standard InChI is InChI=1S/C22H22FN3O5S3/c23-17-5-3-15(4-6-17)14-18-21(28)26(22(29)33-18)12-9-24-20(27)16-7-10-25(11-8-16)34(30,31)19-2-1-13-32-19/h1-6,13-14,16H,7-12H2,(H,24,27)/b18-14+. The van der Waals surface area contributed by atoms with Gasteiger partial charge in [-0.25, -0.2) is 12.8 Å². The quantitative estimate of drug-likeness (QED) is 0.560. The molecule has 2 aromatic rings. The van der Waals surface area contributed by atoms with Crippen LogP contribution in [0.1, 0.15) is 18.4 Å². The molecule has 4 rings (SSSR count). The van der Waals surface area contributed by atoms with Gasteiger partial charge in [-0.15, -0.1) is 11.3 Å². The summed E-state index contributed by atoms with van der Waals surface area (Å²) in [4.78, 5) is 38.6. The fraction of sp³-hybridized carbons (Fsp3) is 0.318. The molecule has 0 atom stereocenters. The molecule has 180 valence electrons. The Balaban J connectivity index is 1.25. The van der Waals surface area contributed by atoms with Gasteiger partial charge in [0.1, 0.15) is 10.0 Å². The Labute approximate surface area is 204 Å². The number of imide groups is 1. The molecule has 0 saturated carbocycles. The lowest BCUT2D eigenvalue weighted by molar-refractivity contribution is -0.127. The number of hydrogen-bond donors (Lipinski definition) is 1. The molecule has 12 heteroatoms. The normalized spacial score (nSPS) is 19.2. The van der Waals surface area contributed by atoms with E-state index in [1.807, 2.05) is 0 Å². The van der Waals surface area contributed by atoms with Gasteiger partial charge < -0.3 is 5.32 Å². The smallest absolute Gasteiger partial charge is 0.293 e. The van der Waals surface area contributed by atoms with Crippen molar-refractivity contribution in [2.24, 2.45) is 5.92 Å². The molecule has 2 aliphatic rings. The zero-order chi connectivity index (χ0) is 24.3. The Bertz CT molecular complexity index is 1200. The van der Waals surface area contributed by atoms with Gasteiger partial charge in [0.25, 0.3) is 21.2 Å². The van der Waals surface area contributed by atoms with Crippen molar-refractivity contribution in [1.82, 2.24) is 14.5 Å². The molecule has 0 aliphatic carbocycles. The van der Waals surface area contributed by atoms with E-state index < -0.39 is 27.0 Å². The number of nitrogens with zero attached hydrogens (tertiary/aromatic N) is 2. The van der Waals surface area contributed by atoms with Gasteiger partial charge in [-0.05, 0) is 59.8 Å². The van der Waals surface area contributed by atoms with Crippen molar-refractivity contribution < 1.29 is 27.2 Å². The van der Waals surface area contributed by atoms with Gasteiger partial charge in [0.2, 0.25) is 5.91 Å². The highest BCUT2D eigenvalue weighted by molar-refractivity contribution is 8.18. The molecule has 3 heterocycles. The van der Waals surface area contributed by atoms with Gasteiger partial charge in [0.15, 0.2) is 0 Å². The van der Waals surface area contributed by atoms with Gasteiger partial charge in [0.05, 0.1) is 4.91 Å². The summed E-state index contributed by atoms with van der Waals surface area (Å²) >= 11 is 1.97. The van der Waals surface area contributed by atoms with Gasteiger partial charge >= 0.3 is 0 Å². The average Bonchev–Trinajstić information content (AvgIpc) is 3.46. The number of hydrogen-bond acceptors (Lipinski definition) is 7. The summed E-state index contributed by atoms with van der Waals surface area (Å²) < 4.78 is 40.0. The van der Waals surface area contributed by atoms with Gasteiger partial charge in [-0.3, -0.25) is 19.3 Å². The largest absolute Gasteiger partial charge is 0.354 e. The van der Waals surface area contributed by atoms with Crippen LogP contribution in [0, 0.1) is 11.7 Å². The van der Waals surface area contributed by atoms with E-state index in [0.717, 1.165) is 16.7 Å². The molecule has 1 N–H and O–H groups in total. The van der Waals surface area contributed by atoms with Crippen molar-refractivity contribution in [3.8, 4) is 0 Å². The Morgan fingerprint density at radius 1 is 1.15 bits per heavy atom. The monoisotopic (exact) mass is 523 g/mol. The maximum absolute atomic E-state index is 13.1. The number of amides is 3. The van der Waals surface area contributed by atoms with E-state index in [1.165, 1.54) is 46.0 Å². The van der Waals surface area contributed by atoms with Crippen LogP contribution in [-0.2, 0) is 19.6 Å². The number of benzene rings is 1. The predicted octanol–water partition coefficient (Wildman–Crippen LogP) is 3.14. The van der Waals surface area contributed by atoms with Gasteiger partial charge in [0, 0.05) is 32.1 Å². The molecule has 2 fully saturated rings. The maximum Gasteiger partial charge on any atom is 0.293 e. The minimum Gasteiger partial charge on any atom is -0.354 e. The highest BCUT2D eigenvalue weighted by atomic mass is 32.2. The number of nitrogens with one attached hydrogen (secondary N) is 1. The van der Waals surface area contributed by atoms with Crippen molar-refractivity contribution in [3.05, 3.63) is 58.1 Å². The van der Waals surface area contributed by atoms with Crippen LogP contribution >= 0.6 is 23.1 Å². The summed E-state index contributed by atoms with van der Waals surface area (Å²) in [6.07, 6.45) is 2.33. The summed E-state index contributed by atoms with van der Waals surface area (Å²) in [5.41, 5.74) is 0.604. The number of thiophene rings is 1. The summed E-state index contributed by atoms with van der Waals surface area (Å²) in [5, 5.41) is 4.03. The fourth-order valence-electron chi connectivity index (χ4n) is 3.73. The molecule has 0 bridgehead atoms. The van der Waals surface area contributed by atoms with E-state index >= 15 is 0 Å². The number of piperidine rings is 1. The molecule has 34 heavy (non-hydrogen) atoms. The summed E-state index contributed by atoms with van der Waals surface area (Å²) in [6, 6.07) is 8.83. The first-order chi connectivity index (χ1) is 16.3. The first-order valence-corrected chi connectivity index (χ1v) is 13.7. The highest BCUT2D eigenvalue weighted by Gasteiger charge is 2.35. The van der Waals surface area contributed by atoms with Crippen LogP contribution < -0.4 is 5.32 Å². The van der Waals surface area contributed by atoms with Crippen LogP contribution in [0.15, 0.2) is 50.9 Å². The predicted molar refractivity (Wildman–Crippen MR) is 128 cm³/mol. The van der Waals surface area contributed by atoms with E-state index in [0.29, 0.717) is 22.6 Å². The SMILES string of the molecule is O=C(NCCN1C(=O)S/C(=C/c2ccc(F)cc2)C1=O)C1CCN(S(=O)(=O)c2cccs2)CC1. The number of carbonyl (C=O) groups excluding carboxylic acids is 3. The van der Waals surface area contributed by atoms with Crippen LogP contribution in [0.5, 0.6) is 0 Å². The van der Waals surface area contributed by atoms with E-state index in [1.54, 1.807) is 17.5 Å². The van der Waals surface area contributed by atoms with Crippen LogP contribution in [0.25, 0.3) is 6.08 Å². The maximum atomic E-state index is 13.1. The minimum absolute atomic E-state index is 0.0305. The highest BCUT2D eigenvalue weighted by Crippen LogP contribution is 2.32. The molecule has 1 aromatic heterocycles. The molecule has 1 aromatic carbocycles. The van der Waals surface area contributed by atoms with Crippen LogP contribution in [0.3, 0.4) is 0 Å². The Kier molecular flexibility index (Phi) is 7.51. The fourth-order valence-corrected chi connectivity index (χ4v) is 7.21. The number of rotatable bonds is 7. The molecule has 2 aliphatic heterocycles. The second-order valence-electron chi connectivity index (χ2n) is 7.79. The lowest BCUT2D eigenvalue weighted by atomic mass is 9.97. The van der Waals surface area contributed by atoms with Crippen molar-refractivity contribution in [1.29, 1.82) is 0 Å². The van der Waals surface area contributed by atoms with E-state index in [2.05, 4.69) is 5.32 Å². The van der Waals surface area contributed by atoms with Crippen LogP contribution in [0.2, 0.25) is 0 Å². The molecule has 2 saturated heterocycles.